The Kier molecular flexibility index (Phi) is 6.13. The number of rotatable bonds is 7. The van der Waals surface area contributed by atoms with Gasteiger partial charge in [-0.2, -0.15) is 0 Å². The molecular weight excluding hydrogens is 226 g/mol. The standard InChI is InChI=1S/C15H25NO2/c1-5-7-13(17)8-6-9-14-12(3)15(18-4)11(2)10-16-14/h10,13,17H,5-9H2,1-4H3. The number of aryl methyl sites for hydroxylation is 2. The molecule has 0 fully saturated rings. The van der Waals surface area contributed by atoms with Gasteiger partial charge in [-0.25, -0.2) is 0 Å². The largest absolute Gasteiger partial charge is 0.496 e. The minimum absolute atomic E-state index is 0.164. The van der Waals surface area contributed by atoms with Gasteiger partial charge in [0.1, 0.15) is 5.75 Å². The molecule has 3 heteroatoms. The topological polar surface area (TPSA) is 42.4 Å². The van der Waals surface area contributed by atoms with Crippen molar-refractivity contribution in [2.24, 2.45) is 0 Å². The lowest BCUT2D eigenvalue weighted by atomic mass is 10.0. The fourth-order valence-electron chi connectivity index (χ4n) is 2.31. The van der Waals surface area contributed by atoms with Crippen LogP contribution in [0.3, 0.4) is 0 Å². The number of ether oxygens (including phenoxy) is 1. The first kappa shape index (κ1) is 15.0. The fourth-order valence-corrected chi connectivity index (χ4v) is 2.31. The molecule has 1 atom stereocenters. The minimum Gasteiger partial charge on any atom is -0.496 e. The van der Waals surface area contributed by atoms with E-state index >= 15 is 0 Å². The fraction of sp³-hybridized carbons (Fsp3) is 0.667. The Morgan fingerprint density at radius 2 is 2.06 bits per heavy atom. The Morgan fingerprint density at radius 1 is 1.33 bits per heavy atom. The molecule has 18 heavy (non-hydrogen) atoms. The molecule has 0 aromatic carbocycles. The first-order chi connectivity index (χ1) is 8.60. The summed E-state index contributed by atoms with van der Waals surface area (Å²) in [6.45, 7) is 6.16. The predicted octanol–water partition coefficient (Wildman–Crippen LogP) is 3.19. The van der Waals surface area contributed by atoms with Gasteiger partial charge in [-0.1, -0.05) is 13.3 Å². The van der Waals surface area contributed by atoms with Crippen LogP contribution in [-0.4, -0.2) is 23.3 Å². The molecule has 0 bridgehead atoms. The van der Waals surface area contributed by atoms with Crippen LogP contribution in [0, 0.1) is 13.8 Å². The third-order valence-electron chi connectivity index (χ3n) is 3.32. The van der Waals surface area contributed by atoms with E-state index in [1.54, 1.807) is 7.11 Å². The van der Waals surface area contributed by atoms with Crippen molar-refractivity contribution >= 4 is 0 Å². The van der Waals surface area contributed by atoms with Crippen molar-refractivity contribution in [1.29, 1.82) is 0 Å². The molecule has 0 amide bonds. The Bertz CT molecular complexity index is 377. The predicted molar refractivity (Wildman–Crippen MR) is 74.1 cm³/mol. The second kappa shape index (κ2) is 7.37. The third kappa shape index (κ3) is 3.98. The zero-order valence-electron chi connectivity index (χ0n) is 12.0. The first-order valence-electron chi connectivity index (χ1n) is 6.77. The van der Waals surface area contributed by atoms with Crippen molar-refractivity contribution in [3.63, 3.8) is 0 Å². The summed E-state index contributed by atoms with van der Waals surface area (Å²) in [5, 5.41) is 9.70. The molecule has 0 saturated carbocycles. The summed E-state index contributed by atoms with van der Waals surface area (Å²) < 4.78 is 5.39. The van der Waals surface area contributed by atoms with Gasteiger partial charge in [-0.15, -0.1) is 0 Å². The second-order valence-electron chi connectivity index (χ2n) is 4.88. The number of hydrogen-bond donors (Lipinski definition) is 1. The Labute approximate surface area is 110 Å². The molecule has 1 rings (SSSR count). The maximum absolute atomic E-state index is 9.70. The number of hydrogen-bond acceptors (Lipinski definition) is 3. The molecule has 1 N–H and O–H groups in total. The molecule has 0 radical (unpaired) electrons. The summed E-state index contributed by atoms with van der Waals surface area (Å²) in [6, 6.07) is 0. The van der Waals surface area contributed by atoms with Crippen molar-refractivity contribution < 1.29 is 9.84 Å². The monoisotopic (exact) mass is 251 g/mol. The number of nitrogens with zero attached hydrogens (tertiary/aromatic N) is 1. The number of methoxy groups -OCH3 is 1. The van der Waals surface area contributed by atoms with Crippen LogP contribution in [0.1, 0.15) is 49.4 Å². The highest BCUT2D eigenvalue weighted by Gasteiger charge is 2.10. The van der Waals surface area contributed by atoms with Gasteiger partial charge in [0.15, 0.2) is 0 Å². The van der Waals surface area contributed by atoms with Crippen LogP contribution >= 0.6 is 0 Å². The van der Waals surface area contributed by atoms with E-state index in [4.69, 9.17) is 4.74 Å². The van der Waals surface area contributed by atoms with Gasteiger partial charge in [0, 0.05) is 23.0 Å². The van der Waals surface area contributed by atoms with Gasteiger partial charge in [0.25, 0.3) is 0 Å². The lowest BCUT2D eigenvalue weighted by molar-refractivity contribution is 0.151. The third-order valence-corrected chi connectivity index (χ3v) is 3.32. The Hall–Kier alpha value is -1.09. The highest BCUT2D eigenvalue weighted by Crippen LogP contribution is 2.25. The van der Waals surface area contributed by atoms with Crippen molar-refractivity contribution in [1.82, 2.24) is 4.98 Å². The number of aromatic nitrogens is 1. The molecule has 1 aromatic heterocycles. The number of pyridine rings is 1. The van der Waals surface area contributed by atoms with Gasteiger partial charge in [0.2, 0.25) is 0 Å². The summed E-state index contributed by atoms with van der Waals surface area (Å²) >= 11 is 0. The second-order valence-corrected chi connectivity index (χ2v) is 4.88. The molecule has 0 aliphatic rings. The highest BCUT2D eigenvalue weighted by molar-refractivity contribution is 5.41. The van der Waals surface area contributed by atoms with Crippen LogP contribution in [0.4, 0.5) is 0 Å². The average Bonchev–Trinajstić information content (AvgIpc) is 2.33. The van der Waals surface area contributed by atoms with Crippen LogP contribution in [0.5, 0.6) is 5.75 Å². The van der Waals surface area contributed by atoms with Crippen LogP contribution in [-0.2, 0) is 6.42 Å². The van der Waals surface area contributed by atoms with E-state index in [0.717, 1.165) is 54.7 Å². The SMILES string of the molecule is CCCC(O)CCCc1ncc(C)c(OC)c1C. The summed E-state index contributed by atoms with van der Waals surface area (Å²) in [7, 11) is 1.70. The van der Waals surface area contributed by atoms with Gasteiger partial charge >= 0.3 is 0 Å². The van der Waals surface area contributed by atoms with Crippen LogP contribution in [0.15, 0.2) is 6.20 Å². The van der Waals surface area contributed by atoms with Crippen molar-refractivity contribution in [2.75, 3.05) is 7.11 Å². The zero-order chi connectivity index (χ0) is 13.5. The van der Waals surface area contributed by atoms with Gasteiger partial charge in [-0.05, 0) is 39.5 Å². The van der Waals surface area contributed by atoms with Crippen LogP contribution < -0.4 is 4.74 Å². The van der Waals surface area contributed by atoms with Gasteiger partial charge < -0.3 is 9.84 Å². The molecule has 0 aliphatic heterocycles. The molecule has 0 aliphatic carbocycles. The number of aliphatic hydroxyl groups excluding tert-OH is 1. The molecule has 1 heterocycles. The smallest absolute Gasteiger partial charge is 0.128 e. The van der Waals surface area contributed by atoms with Crippen molar-refractivity contribution in [3.8, 4) is 5.75 Å². The van der Waals surface area contributed by atoms with Crippen molar-refractivity contribution in [2.45, 2.75) is 59.0 Å². The van der Waals surface area contributed by atoms with E-state index in [0.29, 0.717) is 0 Å². The Balaban J connectivity index is 2.58. The normalized spacial score (nSPS) is 12.5. The summed E-state index contributed by atoms with van der Waals surface area (Å²) in [5.74, 6) is 0.939. The van der Waals surface area contributed by atoms with E-state index in [2.05, 4.69) is 18.8 Å². The van der Waals surface area contributed by atoms with Crippen LogP contribution in [0.25, 0.3) is 0 Å². The quantitative estimate of drug-likeness (QED) is 0.809. The maximum atomic E-state index is 9.70. The molecule has 1 aromatic rings. The molecular formula is C15H25NO2. The molecule has 0 saturated heterocycles. The van der Waals surface area contributed by atoms with Gasteiger partial charge in [0.05, 0.1) is 13.2 Å². The Morgan fingerprint density at radius 3 is 2.67 bits per heavy atom. The molecule has 102 valence electrons. The van der Waals surface area contributed by atoms with E-state index < -0.39 is 0 Å². The summed E-state index contributed by atoms with van der Waals surface area (Å²) in [4.78, 5) is 4.47. The zero-order valence-corrected chi connectivity index (χ0v) is 12.0. The van der Waals surface area contributed by atoms with E-state index in [1.807, 2.05) is 13.1 Å². The number of aliphatic hydroxyl groups is 1. The van der Waals surface area contributed by atoms with Crippen LogP contribution in [0.2, 0.25) is 0 Å². The molecule has 3 nitrogen and oxygen atoms in total. The van der Waals surface area contributed by atoms with Crippen molar-refractivity contribution in [3.05, 3.63) is 23.0 Å². The van der Waals surface area contributed by atoms with Gasteiger partial charge in [-0.3, -0.25) is 4.98 Å². The summed E-state index contributed by atoms with van der Waals surface area (Å²) in [6.07, 6.45) is 6.36. The average molecular weight is 251 g/mol. The molecule has 0 spiro atoms. The summed E-state index contributed by atoms with van der Waals surface area (Å²) in [5.41, 5.74) is 3.29. The first-order valence-corrected chi connectivity index (χ1v) is 6.77. The van der Waals surface area contributed by atoms with E-state index in [-0.39, 0.29) is 6.10 Å². The molecule has 1 unspecified atom stereocenters. The maximum Gasteiger partial charge on any atom is 0.128 e. The lowest BCUT2D eigenvalue weighted by Gasteiger charge is -2.13. The van der Waals surface area contributed by atoms with E-state index in [1.165, 1.54) is 0 Å². The lowest BCUT2D eigenvalue weighted by Crippen LogP contribution is -2.07. The van der Waals surface area contributed by atoms with E-state index in [9.17, 15) is 5.11 Å². The highest BCUT2D eigenvalue weighted by atomic mass is 16.5. The minimum atomic E-state index is -0.164.